The maximum Gasteiger partial charge on any atom is 0.171 e. The van der Waals surface area contributed by atoms with Gasteiger partial charge in [0.2, 0.25) is 0 Å². The minimum Gasteiger partial charge on any atom is -0.354 e. The Balaban J connectivity index is 2.66. The lowest BCUT2D eigenvalue weighted by Gasteiger charge is -2.22. The van der Waals surface area contributed by atoms with Crippen LogP contribution in [0.1, 0.15) is 12.5 Å². The molecule has 1 rings (SSSR count). The van der Waals surface area contributed by atoms with E-state index in [-0.39, 0.29) is 18.2 Å². The maximum atomic E-state index is 13.3. The van der Waals surface area contributed by atoms with Crippen LogP contribution in [0.4, 0.5) is 13.2 Å². The van der Waals surface area contributed by atoms with E-state index in [1.807, 2.05) is 0 Å². The van der Waals surface area contributed by atoms with Gasteiger partial charge in [-0.25, -0.2) is 13.2 Å². The van der Waals surface area contributed by atoms with E-state index in [0.717, 1.165) is 6.07 Å². The molecule has 0 radical (unpaired) electrons. The molecule has 0 saturated heterocycles. The van der Waals surface area contributed by atoms with E-state index < -0.39 is 23.7 Å². The second kappa shape index (κ2) is 6.72. The summed E-state index contributed by atoms with van der Waals surface area (Å²) < 4.78 is 49.0. The van der Waals surface area contributed by atoms with Gasteiger partial charge in [-0.15, -0.1) is 0 Å². The van der Waals surface area contributed by atoms with Gasteiger partial charge in [-0.3, -0.25) is 0 Å². The Kier molecular flexibility index (Phi) is 5.58. The van der Waals surface area contributed by atoms with E-state index in [9.17, 15) is 13.2 Å². The van der Waals surface area contributed by atoms with Crippen molar-refractivity contribution in [1.29, 1.82) is 0 Å². The van der Waals surface area contributed by atoms with Crippen LogP contribution in [-0.2, 0) is 16.0 Å². The van der Waals surface area contributed by atoms with Crippen molar-refractivity contribution >= 4 is 0 Å². The van der Waals surface area contributed by atoms with Crippen LogP contribution in [0, 0.1) is 17.5 Å². The van der Waals surface area contributed by atoms with Gasteiger partial charge in [0.15, 0.2) is 17.9 Å². The molecule has 0 spiro atoms. The van der Waals surface area contributed by atoms with E-state index in [1.54, 1.807) is 6.92 Å². The highest BCUT2D eigenvalue weighted by atomic mass is 19.2. The molecular weight excluding hydrogens is 247 g/mol. The predicted molar refractivity (Wildman–Crippen MR) is 60.4 cm³/mol. The third kappa shape index (κ3) is 3.69. The zero-order valence-corrected chi connectivity index (χ0v) is 10.5. The number of benzene rings is 1. The summed E-state index contributed by atoms with van der Waals surface area (Å²) in [4.78, 5) is 0. The highest BCUT2D eigenvalue weighted by Crippen LogP contribution is 2.14. The van der Waals surface area contributed by atoms with Gasteiger partial charge in [-0.1, -0.05) is 0 Å². The Bertz CT molecular complexity index is 397. The second-order valence-electron chi connectivity index (χ2n) is 3.87. The van der Waals surface area contributed by atoms with Crippen LogP contribution in [0.5, 0.6) is 0 Å². The Morgan fingerprint density at radius 1 is 1.06 bits per heavy atom. The number of rotatable bonds is 6. The summed E-state index contributed by atoms with van der Waals surface area (Å²) in [5.74, 6) is -3.06. The highest BCUT2D eigenvalue weighted by molar-refractivity contribution is 5.20. The average Bonchev–Trinajstić information content (AvgIpc) is 2.33. The zero-order valence-electron chi connectivity index (χ0n) is 10.5. The van der Waals surface area contributed by atoms with Gasteiger partial charge in [-0.2, -0.15) is 0 Å². The highest BCUT2D eigenvalue weighted by Gasteiger charge is 2.16. The Hall–Kier alpha value is -1.11. The largest absolute Gasteiger partial charge is 0.354 e. The molecule has 1 N–H and O–H groups in total. The van der Waals surface area contributed by atoms with E-state index >= 15 is 0 Å². The number of hydrogen-bond acceptors (Lipinski definition) is 3. The summed E-state index contributed by atoms with van der Waals surface area (Å²) in [6.07, 6.45) is -0.502. The standard InChI is InChI=1S/C12H16F3NO2/c1-7(12(17-2)18-3)16-6-8-4-10(14)11(15)5-9(8)13/h4-5,7,12,16H,6H2,1-3H3. The molecule has 0 saturated carbocycles. The van der Waals surface area contributed by atoms with E-state index in [0.29, 0.717) is 6.07 Å². The molecule has 0 aliphatic rings. The van der Waals surface area contributed by atoms with Crippen molar-refractivity contribution in [3.05, 3.63) is 35.1 Å². The summed E-state index contributed by atoms with van der Waals surface area (Å²) in [6.45, 7) is 1.82. The van der Waals surface area contributed by atoms with E-state index in [4.69, 9.17) is 9.47 Å². The zero-order chi connectivity index (χ0) is 13.7. The first kappa shape index (κ1) is 14.9. The summed E-state index contributed by atoms with van der Waals surface area (Å²) >= 11 is 0. The van der Waals surface area contributed by atoms with Crippen molar-refractivity contribution in [3.8, 4) is 0 Å². The van der Waals surface area contributed by atoms with Crippen LogP contribution in [-0.4, -0.2) is 26.6 Å². The van der Waals surface area contributed by atoms with Crippen molar-refractivity contribution in [2.24, 2.45) is 0 Å². The lowest BCUT2D eigenvalue weighted by atomic mass is 10.2. The fourth-order valence-corrected chi connectivity index (χ4v) is 1.57. The first-order valence-corrected chi connectivity index (χ1v) is 5.42. The van der Waals surface area contributed by atoms with Gasteiger partial charge >= 0.3 is 0 Å². The summed E-state index contributed by atoms with van der Waals surface area (Å²) in [5, 5.41) is 2.91. The minimum atomic E-state index is -1.20. The topological polar surface area (TPSA) is 30.5 Å². The predicted octanol–water partition coefficient (Wildman–Crippen LogP) is 2.20. The molecule has 1 unspecified atom stereocenters. The molecular formula is C12H16F3NO2. The molecule has 1 atom stereocenters. The third-order valence-electron chi connectivity index (χ3n) is 2.58. The molecule has 0 aromatic heterocycles. The lowest BCUT2D eigenvalue weighted by Crippen LogP contribution is -2.39. The first-order chi connectivity index (χ1) is 8.49. The molecule has 1 aromatic carbocycles. The van der Waals surface area contributed by atoms with Gasteiger partial charge in [0.1, 0.15) is 5.82 Å². The third-order valence-corrected chi connectivity index (χ3v) is 2.58. The monoisotopic (exact) mass is 263 g/mol. The molecule has 0 aliphatic heterocycles. The lowest BCUT2D eigenvalue weighted by molar-refractivity contribution is -0.119. The molecule has 3 nitrogen and oxygen atoms in total. The van der Waals surface area contributed by atoms with Gasteiger partial charge < -0.3 is 14.8 Å². The van der Waals surface area contributed by atoms with E-state index in [2.05, 4.69) is 5.32 Å². The van der Waals surface area contributed by atoms with Crippen LogP contribution >= 0.6 is 0 Å². The van der Waals surface area contributed by atoms with Crippen LogP contribution in [0.25, 0.3) is 0 Å². The molecule has 0 aliphatic carbocycles. The SMILES string of the molecule is COC(OC)C(C)NCc1cc(F)c(F)cc1F. The van der Waals surface area contributed by atoms with Crippen LogP contribution < -0.4 is 5.32 Å². The number of hydrogen-bond donors (Lipinski definition) is 1. The Morgan fingerprint density at radius 2 is 1.61 bits per heavy atom. The van der Waals surface area contributed by atoms with Crippen LogP contribution in [0.3, 0.4) is 0 Å². The minimum absolute atomic E-state index is 0.0479. The summed E-state index contributed by atoms with van der Waals surface area (Å²) in [7, 11) is 2.95. The Morgan fingerprint density at radius 3 is 2.17 bits per heavy atom. The maximum absolute atomic E-state index is 13.3. The summed E-state index contributed by atoms with van der Waals surface area (Å²) in [5.41, 5.74) is 0.0479. The molecule has 102 valence electrons. The summed E-state index contributed by atoms with van der Waals surface area (Å²) in [6, 6.07) is 1.13. The van der Waals surface area contributed by atoms with Gasteiger partial charge in [0.05, 0.1) is 6.04 Å². The number of halogens is 3. The quantitative estimate of drug-likeness (QED) is 0.630. The molecule has 6 heteroatoms. The number of nitrogens with one attached hydrogen (secondary N) is 1. The van der Waals surface area contributed by atoms with Gasteiger partial charge in [0.25, 0.3) is 0 Å². The van der Waals surface area contributed by atoms with Crippen molar-refractivity contribution in [2.45, 2.75) is 25.8 Å². The van der Waals surface area contributed by atoms with Gasteiger partial charge in [0, 0.05) is 32.4 Å². The molecule has 0 bridgehead atoms. The average molecular weight is 263 g/mol. The van der Waals surface area contributed by atoms with Crippen molar-refractivity contribution < 1.29 is 22.6 Å². The fourth-order valence-electron chi connectivity index (χ4n) is 1.57. The fraction of sp³-hybridized carbons (Fsp3) is 0.500. The molecule has 1 aromatic rings. The Labute approximate surface area is 104 Å². The van der Waals surface area contributed by atoms with Crippen molar-refractivity contribution in [2.75, 3.05) is 14.2 Å². The van der Waals surface area contributed by atoms with Crippen molar-refractivity contribution in [3.63, 3.8) is 0 Å². The number of ether oxygens (including phenoxy) is 2. The smallest absolute Gasteiger partial charge is 0.171 e. The molecule has 0 heterocycles. The van der Waals surface area contributed by atoms with E-state index in [1.165, 1.54) is 14.2 Å². The van der Waals surface area contributed by atoms with Gasteiger partial charge in [-0.05, 0) is 13.0 Å². The van der Waals surface area contributed by atoms with Crippen molar-refractivity contribution in [1.82, 2.24) is 5.32 Å². The number of methoxy groups -OCH3 is 2. The molecule has 18 heavy (non-hydrogen) atoms. The van der Waals surface area contributed by atoms with Crippen LogP contribution in [0.15, 0.2) is 12.1 Å². The normalized spacial score (nSPS) is 13.1. The molecule has 0 fully saturated rings. The van der Waals surface area contributed by atoms with Crippen LogP contribution in [0.2, 0.25) is 0 Å². The molecule has 0 amide bonds. The first-order valence-electron chi connectivity index (χ1n) is 5.42. The second-order valence-corrected chi connectivity index (χ2v) is 3.87.